The second-order valence-corrected chi connectivity index (χ2v) is 34.5. The van der Waals surface area contributed by atoms with Crippen LogP contribution in [-0.4, -0.2) is 202 Å². The Morgan fingerprint density at radius 1 is 0.449 bits per heavy atom. The molecule has 19 rings (SSSR count). The molecular formula is C106H110N20O21. The second-order valence-electron chi connectivity index (χ2n) is 34.5. The van der Waals surface area contributed by atoms with E-state index in [0.717, 1.165) is 109 Å². The van der Waals surface area contributed by atoms with Crippen LogP contribution in [0.15, 0.2) is 267 Å². The van der Waals surface area contributed by atoms with Gasteiger partial charge in [0, 0.05) is 123 Å². The van der Waals surface area contributed by atoms with Crippen LogP contribution in [0.25, 0.3) is 56.3 Å². The molecule has 5 aromatic heterocycles. The molecule has 3 saturated heterocycles. The Hall–Kier alpha value is -17.9. The zero-order chi connectivity index (χ0) is 104. The van der Waals surface area contributed by atoms with E-state index in [2.05, 4.69) is 58.5 Å². The number of benzene rings is 10. The predicted molar refractivity (Wildman–Crippen MR) is 531 cm³/mol. The number of amides is 4. The van der Waals surface area contributed by atoms with Crippen molar-refractivity contribution in [3.8, 4) is 85.0 Å². The Bertz CT molecular complexity index is 6880. The summed E-state index contributed by atoms with van der Waals surface area (Å²) in [7, 11) is 13.7. The summed E-state index contributed by atoms with van der Waals surface area (Å²) in [6.45, 7) is 7.98. The lowest BCUT2D eigenvalue weighted by Crippen LogP contribution is -2.27. The van der Waals surface area contributed by atoms with Gasteiger partial charge in [-0.2, -0.15) is 9.59 Å². The quantitative estimate of drug-likeness (QED) is 0.0109. The van der Waals surface area contributed by atoms with Crippen molar-refractivity contribution < 1.29 is 95.7 Å². The SMILES string of the molecule is COCOc1ccc(-c2nnn(C)c2C2CN(Cc3ccccc3)C(=O)O2)cc1.COCOc1ccc(-c2nnn(C)c2COC(=O)Oc2ccc([N+](=O)[O-])cc2)cc1.C[C@H]1CCC[C@H](Oc2ccc(-c3nnn(C)c3C3CN(Cc4ccccc4)C(=O)O3)cc2)C1.Cc1ccc(-c2nnn(C)c2COC(=O)N(C)Cc2ccccc2)cc1.Cn1nnc(-c2ccc(O)cc2)c1C1CN(Cc2ccccc2)C(=O)O1.O=C=O. The molecule has 41 nitrogen and oxygen atoms in total. The number of hydrogen-bond donors (Lipinski definition) is 1. The number of methoxy groups -OCH3 is 2. The van der Waals surface area contributed by atoms with E-state index in [1.807, 2.05) is 208 Å². The van der Waals surface area contributed by atoms with Crippen molar-refractivity contribution in [2.24, 2.45) is 41.2 Å². The van der Waals surface area contributed by atoms with Gasteiger partial charge in [0.2, 0.25) is 0 Å². The monoisotopic (exact) mass is 2000 g/mol. The van der Waals surface area contributed by atoms with Crippen LogP contribution in [-0.2, 0) is 117 Å². The fourth-order valence-electron chi connectivity index (χ4n) is 16.5. The van der Waals surface area contributed by atoms with Gasteiger partial charge in [0.25, 0.3) is 5.69 Å². The minimum Gasteiger partial charge on any atom is -0.508 e. The molecule has 0 spiro atoms. The standard InChI is InChI=1S/C26H30N4O3.C21H22N4O4.C20H22N4O2.C19H18N4O7.C19H18N4O3.CO2/c1-18-7-6-10-22(15-18)32-21-13-11-20(12-14-21)24-25(29(2)28-27-24)23-17-30(26(31)33-23)16-19-8-4-3-5-9-19;1-24-20(18-13-25(21(26)29-18)12-15-6-4-3-5-7-15)19(22-23-24)16-8-10-17(11-9-16)28-14-27-2;1-15-9-11-17(12-10-15)19-18(24(3)22-21-19)14-26-20(25)23(2)13-16-7-5-4-6-8-16;1-22-17(11-28-19(24)30-16-9-5-14(6-10-16)23(25)26)18(20-21-22)13-3-7-15(8-4-13)29-12-27-2;1-22-18(17(20-21-22)14-7-9-15(24)10-8-14)16-12-23(19(25)26-16)11-13-5-3-2-4-6-13;2-1-3/h3-5,8-9,11-14,18,22-23H,6-7,10,15-17H2,1-2H3;3-11,18H,12-14H2,1-2H3;4-12H,13-14H2,1-3H3;3-10H,11-12H2,1-2H3;2-10,16,24H,11-12H2,1H3;/t18-,22-,23?;;;;;/m0...../s1. The normalized spacial score (nSPS) is 15.3. The summed E-state index contributed by atoms with van der Waals surface area (Å²) in [5, 5.41) is 61.9. The molecule has 4 aliphatic rings. The van der Waals surface area contributed by atoms with Gasteiger partial charge in [0.05, 0.1) is 30.7 Å². The predicted octanol–water partition coefficient (Wildman–Crippen LogP) is 17.2. The highest BCUT2D eigenvalue weighted by atomic mass is 16.7. The minimum atomic E-state index is -0.959. The fraction of sp³-hybridized carbons (Fsp3) is 0.283. The number of non-ortho nitro benzene ring substituents is 1. The first-order chi connectivity index (χ1) is 71.3. The lowest BCUT2D eigenvalue weighted by atomic mass is 9.89. The van der Waals surface area contributed by atoms with Gasteiger partial charge in [0.1, 0.15) is 98.9 Å². The molecule has 1 aliphatic carbocycles. The first kappa shape index (κ1) is 105. The highest BCUT2D eigenvalue weighted by Gasteiger charge is 2.40. The molecule has 0 radical (unpaired) electrons. The van der Waals surface area contributed by atoms with Gasteiger partial charge >= 0.3 is 36.7 Å². The number of cyclic esters (lactones) is 3. The number of phenolic OH excluding ortho intramolecular Hbond substituents is 1. The number of aromatic hydroxyl groups is 1. The Balaban J connectivity index is 0.000000144. The molecule has 3 unspecified atom stereocenters. The largest absolute Gasteiger partial charge is 0.514 e. The van der Waals surface area contributed by atoms with Gasteiger partial charge in [-0.3, -0.25) is 24.8 Å². The highest BCUT2D eigenvalue weighted by Crippen LogP contribution is 2.40. The molecule has 41 heteroatoms. The molecule has 3 aliphatic heterocycles. The van der Waals surface area contributed by atoms with Gasteiger partial charge in [0.15, 0.2) is 31.9 Å². The molecule has 10 aromatic carbocycles. The van der Waals surface area contributed by atoms with E-state index >= 15 is 0 Å². The Morgan fingerprint density at radius 3 is 1.17 bits per heavy atom. The third-order valence-electron chi connectivity index (χ3n) is 23.9. The number of phenols is 1. The van der Waals surface area contributed by atoms with E-state index in [9.17, 15) is 39.2 Å². The number of nitro groups is 1. The minimum absolute atomic E-state index is 0.111. The van der Waals surface area contributed by atoms with Crippen molar-refractivity contribution in [2.45, 2.75) is 103 Å². The molecule has 8 heterocycles. The Morgan fingerprint density at radius 2 is 0.789 bits per heavy atom. The molecule has 760 valence electrons. The summed E-state index contributed by atoms with van der Waals surface area (Å²) in [6, 6.07) is 81.8. The van der Waals surface area contributed by atoms with Gasteiger partial charge in [-0.25, -0.2) is 47.4 Å². The molecule has 1 saturated carbocycles. The maximum Gasteiger partial charge on any atom is 0.514 e. The van der Waals surface area contributed by atoms with Crippen molar-refractivity contribution in [1.82, 2.24) is 94.6 Å². The van der Waals surface area contributed by atoms with Gasteiger partial charge in [-0.05, 0) is 164 Å². The summed E-state index contributed by atoms with van der Waals surface area (Å²) >= 11 is 0. The molecule has 147 heavy (non-hydrogen) atoms. The van der Waals surface area contributed by atoms with E-state index in [-0.39, 0.29) is 74.5 Å². The number of nitrogens with zero attached hydrogens (tertiary/aromatic N) is 20. The first-order valence-electron chi connectivity index (χ1n) is 46.8. The van der Waals surface area contributed by atoms with Crippen LogP contribution in [0.2, 0.25) is 0 Å². The number of aromatic nitrogens is 15. The molecule has 0 bridgehead atoms. The van der Waals surface area contributed by atoms with Crippen molar-refractivity contribution in [3.05, 3.63) is 333 Å². The highest BCUT2D eigenvalue weighted by molar-refractivity contribution is 5.75. The van der Waals surface area contributed by atoms with Crippen LogP contribution in [0.3, 0.4) is 0 Å². The number of rotatable bonds is 30. The molecular weight excluding hydrogens is 1890 g/mol. The molecule has 4 amide bonds. The Kier molecular flexibility index (Phi) is 36.6. The Labute approximate surface area is 845 Å². The third kappa shape index (κ3) is 28.6. The third-order valence-corrected chi connectivity index (χ3v) is 23.9. The van der Waals surface area contributed by atoms with E-state index in [1.54, 1.807) is 129 Å². The van der Waals surface area contributed by atoms with E-state index in [1.165, 1.54) is 54.5 Å². The zero-order valence-electron chi connectivity index (χ0n) is 82.5. The number of carbonyl (C=O) groups is 5. The van der Waals surface area contributed by atoms with E-state index < -0.39 is 29.4 Å². The average molecular weight is 2000 g/mol. The van der Waals surface area contributed by atoms with Gasteiger partial charge < -0.3 is 62.1 Å². The van der Waals surface area contributed by atoms with Crippen molar-refractivity contribution in [2.75, 3.05) is 54.5 Å². The van der Waals surface area contributed by atoms with Crippen LogP contribution in [0.4, 0.5) is 29.7 Å². The number of carbonyl (C=O) groups excluding carboxylic acids is 7. The lowest BCUT2D eigenvalue weighted by molar-refractivity contribution is -0.384. The number of nitro benzene ring substituents is 1. The summed E-state index contributed by atoms with van der Waals surface area (Å²) in [4.78, 5) is 94.5. The number of aryl methyl sites for hydroxylation is 6. The van der Waals surface area contributed by atoms with Crippen molar-refractivity contribution in [1.29, 1.82) is 0 Å². The number of ether oxygens (including phenoxy) is 11. The van der Waals surface area contributed by atoms with Gasteiger partial charge in [-0.1, -0.05) is 191 Å². The zero-order valence-corrected chi connectivity index (χ0v) is 82.5. The first-order valence-corrected chi connectivity index (χ1v) is 46.8. The van der Waals surface area contributed by atoms with Crippen molar-refractivity contribution >= 4 is 42.4 Å². The van der Waals surface area contributed by atoms with Crippen LogP contribution >= 0.6 is 0 Å². The molecule has 1 N–H and O–H groups in total. The summed E-state index contributed by atoms with van der Waals surface area (Å²) in [5.41, 5.74) is 16.6. The second kappa shape index (κ2) is 51.2. The lowest BCUT2D eigenvalue weighted by Gasteiger charge is -2.27. The van der Waals surface area contributed by atoms with Crippen LogP contribution < -0.4 is 18.9 Å². The van der Waals surface area contributed by atoms with Gasteiger partial charge in [-0.15, -0.1) is 25.5 Å². The topological polar surface area (TPSA) is 451 Å². The fourth-order valence-corrected chi connectivity index (χ4v) is 16.5. The molecule has 15 aromatic rings. The number of hydrogen-bond acceptors (Lipinski definition) is 31. The van der Waals surface area contributed by atoms with Crippen molar-refractivity contribution in [3.63, 3.8) is 0 Å². The summed E-state index contributed by atoms with van der Waals surface area (Å²) < 4.78 is 67.5. The van der Waals surface area contributed by atoms with Crippen LogP contribution in [0.5, 0.6) is 28.7 Å². The maximum atomic E-state index is 12.5. The molecule has 4 fully saturated rings. The average Bonchev–Trinajstić information content (AvgIpc) is 1.64. The molecule has 5 atom stereocenters. The van der Waals surface area contributed by atoms with Crippen LogP contribution in [0, 0.1) is 23.0 Å². The van der Waals surface area contributed by atoms with E-state index in [4.69, 9.17) is 61.7 Å². The van der Waals surface area contributed by atoms with E-state index in [0.29, 0.717) is 86.2 Å². The van der Waals surface area contributed by atoms with Crippen LogP contribution in [0.1, 0.15) is 107 Å². The maximum absolute atomic E-state index is 12.5. The smallest absolute Gasteiger partial charge is 0.508 e. The summed E-state index contributed by atoms with van der Waals surface area (Å²) in [5.74, 6) is 3.24. The summed E-state index contributed by atoms with van der Waals surface area (Å²) in [6.07, 6.45) is 1.64.